The van der Waals surface area contributed by atoms with E-state index in [1.54, 1.807) is 12.1 Å². The maximum absolute atomic E-state index is 12.6. The second kappa shape index (κ2) is 8.30. The van der Waals surface area contributed by atoms with Gasteiger partial charge in [-0.05, 0) is 56.4 Å². The van der Waals surface area contributed by atoms with Gasteiger partial charge in [0.25, 0.3) is 5.91 Å². The van der Waals surface area contributed by atoms with Gasteiger partial charge in [0.15, 0.2) is 0 Å². The smallest absolute Gasteiger partial charge is 0.251 e. The van der Waals surface area contributed by atoms with E-state index in [0.29, 0.717) is 17.3 Å². The molecule has 134 valence electrons. The molecular weight excluding hydrogens is 346 g/mol. The average Bonchev–Trinajstić information content (AvgIpc) is 2.65. The van der Waals surface area contributed by atoms with Crippen molar-refractivity contribution in [3.63, 3.8) is 0 Å². The zero-order valence-electron chi connectivity index (χ0n) is 14.9. The fourth-order valence-electron chi connectivity index (χ4n) is 2.88. The van der Waals surface area contributed by atoms with Gasteiger partial charge in [-0.3, -0.25) is 4.79 Å². The molecule has 3 rings (SSSR count). The third kappa shape index (κ3) is 4.59. The van der Waals surface area contributed by atoms with Crippen molar-refractivity contribution in [1.29, 1.82) is 0 Å². The van der Waals surface area contributed by atoms with Crippen molar-refractivity contribution in [2.45, 2.75) is 12.5 Å². The highest BCUT2D eigenvalue weighted by molar-refractivity contribution is 6.29. The van der Waals surface area contributed by atoms with Gasteiger partial charge in [0.1, 0.15) is 5.15 Å². The molecule has 4 nitrogen and oxygen atoms in total. The number of benzene rings is 2. The van der Waals surface area contributed by atoms with Gasteiger partial charge in [0.05, 0.1) is 5.52 Å². The number of carbonyl (C=O) groups is 1. The molecule has 0 radical (unpaired) electrons. The van der Waals surface area contributed by atoms with Gasteiger partial charge in [-0.1, -0.05) is 41.9 Å². The summed E-state index contributed by atoms with van der Waals surface area (Å²) in [7, 11) is 4.07. The van der Waals surface area contributed by atoms with Gasteiger partial charge >= 0.3 is 0 Å². The predicted molar refractivity (Wildman–Crippen MR) is 107 cm³/mol. The number of aromatic nitrogens is 1. The Labute approximate surface area is 158 Å². The summed E-state index contributed by atoms with van der Waals surface area (Å²) in [6, 6.07) is 19.6. The molecule has 1 N–H and O–H groups in total. The van der Waals surface area contributed by atoms with Crippen LogP contribution in [0.4, 0.5) is 0 Å². The van der Waals surface area contributed by atoms with E-state index in [1.165, 1.54) is 5.56 Å². The molecule has 1 atom stereocenters. The minimum atomic E-state index is -0.0817. The van der Waals surface area contributed by atoms with Crippen LogP contribution in [-0.4, -0.2) is 42.5 Å². The molecule has 0 spiro atoms. The molecule has 0 saturated heterocycles. The average molecular weight is 368 g/mol. The largest absolute Gasteiger partial charge is 0.350 e. The van der Waals surface area contributed by atoms with Gasteiger partial charge in [-0.15, -0.1) is 0 Å². The molecule has 2 aromatic carbocycles. The molecule has 0 aliphatic heterocycles. The van der Waals surface area contributed by atoms with Crippen LogP contribution in [0.15, 0.2) is 60.7 Å². The van der Waals surface area contributed by atoms with E-state index >= 15 is 0 Å². The van der Waals surface area contributed by atoms with Crippen molar-refractivity contribution in [2.24, 2.45) is 0 Å². The number of rotatable bonds is 6. The molecule has 1 heterocycles. The van der Waals surface area contributed by atoms with Crippen molar-refractivity contribution in [2.75, 3.05) is 20.6 Å². The monoisotopic (exact) mass is 367 g/mol. The van der Waals surface area contributed by atoms with E-state index in [4.69, 9.17) is 11.6 Å². The highest BCUT2D eigenvalue weighted by atomic mass is 35.5. The second-order valence-electron chi connectivity index (χ2n) is 6.56. The van der Waals surface area contributed by atoms with Crippen molar-refractivity contribution in [3.8, 4) is 0 Å². The van der Waals surface area contributed by atoms with Gasteiger partial charge in [0, 0.05) is 23.5 Å². The molecule has 1 unspecified atom stereocenters. The fraction of sp³-hybridized carbons (Fsp3) is 0.238. The number of hydrogen-bond acceptors (Lipinski definition) is 3. The Hall–Kier alpha value is -2.43. The molecule has 0 aliphatic carbocycles. The van der Waals surface area contributed by atoms with Gasteiger partial charge in [-0.25, -0.2) is 4.98 Å². The van der Waals surface area contributed by atoms with Crippen LogP contribution in [0.5, 0.6) is 0 Å². The summed E-state index contributed by atoms with van der Waals surface area (Å²) < 4.78 is 0. The first-order valence-electron chi connectivity index (χ1n) is 8.58. The van der Waals surface area contributed by atoms with E-state index in [2.05, 4.69) is 27.3 Å². The first-order valence-corrected chi connectivity index (χ1v) is 8.95. The van der Waals surface area contributed by atoms with Gasteiger partial charge < -0.3 is 10.2 Å². The Kier molecular flexibility index (Phi) is 5.86. The highest BCUT2D eigenvalue weighted by Gasteiger charge is 2.15. The van der Waals surface area contributed by atoms with E-state index in [-0.39, 0.29) is 11.9 Å². The van der Waals surface area contributed by atoms with Crippen molar-refractivity contribution < 1.29 is 4.79 Å². The third-order valence-electron chi connectivity index (χ3n) is 4.46. The number of amides is 1. The number of carbonyl (C=O) groups excluding carboxylic acids is 1. The van der Waals surface area contributed by atoms with Gasteiger partial charge in [0.2, 0.25) is 0 Å². The molecule has 26 heavy (non-hydrogen) atoms. The van der Waals surface area contributed by atoms with Crippen LogP contribution in [0, 0.1) is 0 Å². The maximum Gasteiger partial charge on any atom is 0.251 e. The molecule has 5 heteroatoms. The lowest BCUT2D eigenvalue weighted by Crippen LogP contribution is -2.41. The molecular formula is C21H22ClN3O. The van der Waals surface area contributed by atoms with Crippen LogP contribution in [0.1, 0.15) is 15.9 Å². The van der Waals surface area contributed by atoms with Crippen LogP contribution >= 0.6 is 11.6 Å². The number of pyridine rings is 1. The minimum Gasteiger partial charge on any atom is -0.350 e. The minimum absolute atomic E-state index is 0.0817. The first kappa shape index (κ1) is 18.4. The SMILES string of the molecule is CN(C)C(CNC(=O)c1ccc2nc(Cl)ccc2c1)Cc1ccccc1. The molecule has 1 aromatic heterocycles. The van der Waals surface area contributed by atoms with Crippen molar-refractivity contribution in [3.05, 3.63) is 76.9 Å². The topological polar surface area (TPSA) is 45.2 Å². The standard InChI is InChI=1S/C21H22ClN3O/c1-25(2)18(12-15-6-4-3-5-7-15)14-23-21(26)17-8-10-19-16(13-17)9-11-20(22)24-19/h3-11,13,18H,12,14H2,1-2H3,(H,23,26). The number of hydrogen-bond donors (Lipinski definition) is 1. The van der Waals surface area contributed by atoms with Crippen LogP contribution in [-0.2, 0) is 6.42 Å². The normalized spacial score (nSPS) is 12.3. The molecule has 0 saturated carbocycles. The third-order valence-corrected chi connectivity index (χ3v) is 4.67. The first-order chi connectivity index (χ1) is 12.5. The van der Waals surface area contributed by atoms with Crippen LogP contribution in [0.3, 0.4) is 0 Å². The molecule has 1 amide bonds. The van der Waals surface area contributed by atoms with E-state index in [0.717, 1.165) is 17.3 Å². The van der Waals surface area contributed by atoms with E-state index in [9.17, 15) is 4.79 Å². The molecule has 0 fully saturated rings. The Bertz CT molecular complexity index is 896. The second-order valence-corrected chi connectivity index (χ2v) is 6.95. The van der Waals surface area contributed by atoms with Crippen LogP contribution in [0.2, 0.25) is 5.15 Å². The van der Waals surface area contributed by atoms with Crippen molar-refractivity contribution in [1.82, 2.24) is 15.2 Å². The van der Waals surface area contributed by atoms with Crippen LogP contribution < -0.4 is 5.32 Å². The summed E-state index contributed by atoms with van der Waals surface area (Å²) in [5, 5.41) is 4.40. The maximum atomic E-state index is 12.6. The van der Waals surface area contributed by atoms with E-state index in [1.807, 2.05) is 50.5 Å². The number of nitrogens with zero attached hydrogens (tertiary/aromatic N) is 2. The van der Waals surface area contributed by atoms with E-state index < -0.39 is 0 Å². The summed E-state index contributed by atoms with van der Waals surface area (Å²) in [5.41, 5.74) is 2.66. The summed E-state index contributed by atoms with van der Waals surface area (Å²) >= 11 is 5.91. The van der Waals surface area contributed by atoms with Gasteiger partial charge in [-0.2, -0.15) is 0 Å². The zero-order chi connectivity index (χ0) is 18.5. The lowest BCUT2D eigenvalue weighted by atomic mass is 10.0. The Balaban J connectivity index is 1.67. The zero-order valence-corrected chi connectivity index (χ0v) is 15.7. The lowest BCUT2D eigenvalue weighted by molar-refractivity contribution is 0.0942. The summed E-state index contributed by atoms with van der Waals surface area (Å²) in [5.74, 6) is -0.0817. The summed E-state index contributed by atoms with van der Waals surface area (Å²) in [6.07, 6.45) is 0.883. The lowest BCUT2D eigenvalue weighted by Gasteiger charge is -2.24. The predicted octanol–water partition coefficient (Wildman–Crippen LogP) is 3.79. The Morgan fingerprint density at radius 2 is 1.88 bits per heavy atom. The Morgan fingerprint density at radius 1 is 1.12 bits per heavy atom. The van der Waals surface area contributed by atoms with Crippen LogP contribution in [0.25, 0.3) is 10.9 Å². The van der Waals surface area contributed by atoms with Crippen molar-refractivity contribution >= 4 is 28.4 Å². The molecule has 0 aliphatic rings. The number of halogens is 1. The number of likely N-dealkylation sites (N-methyl/N-ethyl adjacent to an activating group) is 1. The highest BCUT2D eigenvalue weighted by Crippen LogP contribution is 2.17. The number of nitrogens with one attached hydrogen (secondary N) is 1. The molecule has 0 bridgehead atoms. The molecule has 3 aromatic rings. The summed E-state index contributed by atoms with van der Waals surface area (Å²) in [4.78, 5) is 18.9. The number of fused-ring (bicyclic) bond motifs is 1. The quantitative estimate of drug-likeness (QED) is 0.674. The Morgan fingerprint density at radius 3 is 2.62 bits per heavy atom. The fourth-order valence-corrected chi connectivity index (χ4v) is 3.03. The summed E-state index contributed by atoms with van der Waals surface area (Å²) in [6.45, 7) is 0.581.